The molecule has 0 radical (unpaired) electrons. The van der Waals surface area contributed by atoms with Gasteiger partial charge in [0.05, 0.1) is 47.8 Å². The fourth-order valence-corrected chi connectivity index (χ4v) is 3.47. The number of aliphatic imine (C=N–C) groups is 1. The monoisotopic (exact) mass is 453 g/mol. The van der Waals surface area contributed by atoms with Crippen molar-refractivity contribution in [3.8, 4) is 11.3 Å². The highest BCUT2D eigenvalue weighted by molar-refractivity contribution is 5.92. The van der Waals surface area contributed by atoms with Crippen molar-refractivity contribution < 1.29 is 22.0 Å². The number of halogens is 5. The normalized spacial score (nSPS) is 16.3. The molecule has 1 aliphatic heterocycles. The molecule has 0 aliphatic carbocycles. The van der Waals surface area contributed by atoms with Crippen molar-refractivity contribution in [3.63, 3.8) is 0 Å². The Labute approximate surface area is 179 Å². The first kappa shape index (κ1) is 22.1. The fraction of sp³-hybridized carbons (Fsp3) is 0.400. The molecule has 0 saturated heterocycles. The Morgan fingerprint density at radius 1 is 1.22 bits per heavy atom. The molecule has 1 atom stereocenters. The van der Waals surface area contributed by atoms with Crippen molar-refractivity contribution >= 4 is 22.9 Å². The Bertz CT molecular complexity index is 1140. The third-order valence-electron chi connectivity index (χ3n) is 5.05. The Kier molecular flexibility index (Phi) is 6.04. The van der Waals surface area contributed by atoms with E-state index in [-0.39, 0.29) is 18.5 Å². The second-order valence-corrected chi connectivity index (χ2v) is 7.40. The van der Waals surface area contributed by atoms with Crippen molar-refractivity contribution in [1.82, 2.24) is 24.9 Å². The predicted octanol–water partition coefficient (Wildman–Crippen LogP) is 4.03. The lowest BCUT2D eigenvalue weighted by molar-refractivity contribution is -0.131. The molecule has 170 valence electrons. The molecule has 4 heterocycles. The topological polar surface area (TPSA) is 79.5 Å². The van der Waals surface area contributed by atoms with Gasteiger partial charge in [-0.15, -0.1) is 5.10 Å². The second kappa shape index (κ2) is 8.77. The van der Waals surface area contributed by atoms with Crippen LogP contribution in [0.4, 0.5) is 33.6 Å². The van der Waals surface area contributed by atoms with E-state index in [4.69, 9.17) is 0 Å². The molecular weight excluding hydrogens is 433 g/mol. The summed E-state index contributed by atoms with van der Waals surface area (Å²) >= 11 is 0. The summed E-state index contributed by atoms with van der Waals surface area (Å²) in [4.78, 5) is 13.2. The van der Waals surface area contributed by atoms with E-state index in [1.807, 2.05) is 6.07 Å². The molecule has 7 nitrogen and oxygen atoms in total. The molecule has 0 amide bonds. The van der Waals surface area contributed by atoms with Gasteiger partial charge in [-0.2, -0.15) is 13.2 Å². The summed E-state index contributed by atoms with van der Waals surface area (Å²) in [6, 6.07) is 5.08. The summed E-state index contributed by atoms with van der Waals surface area (Å²) in [6.45, 7) is 1.04. The Morgan fingerprint density at radius 3 is 2.78 bits per heavy atom. The molecule has 2 N–H and O–H groups in total. The number of hydrogen-bond donors (Lipinski definition) is 2. The molecule has 0 bridgehead atoms. The van der Waals surface area contributed by atoms with Crippen LogP contribution in [-0.4, -0.2) is 57.0 Å². The number of hydrogen-bond acceptors (Lipinski definition) is 6. The summed E-state index contributed by atoms with van der Waals surface area (Å²) in [5, 5.41) is 9.55. The largest absolute Gasteiger partial charge is 0.390 e. The first-order valence-electron chi connectivity index (χ1n) is 9.91. The van der Waals surface area contributed by atoms with Gasteiger partial charge in [-0.25, -0.2) is 18.3 Å². The molecule has 3 aromatic rings. The highest BCUT2D eigenvalue weighted by atomic mass is 19.4. The van der Waals surface area contributed by atoms with Crippen molar-refractivity contribution in [2.75, 3.05) is 18.4 Å². The van der Waals surface area contributed by atoms with Crippen LogP contribution >= 0.6 is 0 Å². The van der Waals surface area contributed by atoms with Crippen molar-refractivity contribution in [2.24, 2.45) is 4.99 Å². The van der Waals surface area contributed by atoms with E-state index in [0.717, 1.165) is 11.3 Å². The van der Waals surface area contributed by atoms with E-state index in [9.17, 15) is 22.0 Å². The summed E-state index contributed by atoms with van der Waals surface area (Å²) in [6.07, 6.45) is -4.09. The maximum absolute atomic E-state index is 12.6. The van der Waals surface area contributed by atoms with E-state index in [1.165, 1.54) is 10.7 Å². The smallest absolute Gasteiger partial charge is 0.353 e. The highest BCUT2D eigenvalue weighted by Crippen LogP contribution is 2.30. The number of alkyl halides is 5. The Hall–Kier alpha value is -3.15. The maximum atomic E-state index is 12.6. The van der Waals surface area contributed by atoms with Gasteiger partial charge in [0, 0.05) is 30.4 Å². The van der Waals surface area contributed by atoms with Crippen LogP contribution in [0, 0.1) is 0 Å². The van der Waals surface area contributed by atoms with Crippen LogP contribution in [0.25, 0.3) is 16.8 Å². The molecule has 1 unspecified atom stereocenters. The molecule has 0 fully saturated rings. The number of anilines is 1. The van der Waals surface area contributed by atoms with Gasteiger partial charge in [0.1, 0.15) is 0 Å². The average Bonchev–Trinajstić information content (AvgIpc) is 3.14. The molecule has 4 rings (SSSR count). The molecule has 0 spiro atoms. The molecule has 1 aliphatic rings. The van der Waals surface area contributed by atoms with Crippen LogP contribution in [0.5, 0.6) is 0 Å². The minimum Gasteiger partial charge on any atom is -0.353 e. The lowest BCUT2D eigenvalue weighted by atomic mass is 10.0. The van der Waals surface area contributed by atoms with Crippen LogP contribution in [0.1, 0.15) is 19.0 Å². The zero-order chi connectivity index (χ0) is 22.9. The second-order valence-electron chi connectivity index (χ2n) is 7.40. The molecule has 0 saturated carbocycles. The fourth-order valence-electron chi connectivity index (χ4n) is 3.47. The van der Waals surface area contributed by atoms with Crippen LogP contribution in [0.15, 0.2) is 35.6 Å². The molecule has 0 aromatic carbocycles. The van der Waals surface area contributed by atoms with Gasteiger partial charge in [0.15, 0.2) is 0 Å². The van der Waals surface area contributed by atoms with Gasteiger partial charge >= 0.3 is 6.18 Å². The summed E-state index contributed by atoms with van der Waals surface area (Å²) < 4.78 is 63.6. The number of nitrogens with one attached hydrogen (secondary N) is 2. The number of aromatic nitrogens is 4. The van der Waals surface area contributed by atoms with Gasteiger partial charge in [0.25, 0.3) is 6.43 Å². The van der Waals surface area contributed by atoms with Crippen LogP contribution in [-0.2, 0) is 6.42 Å². The van der Waals surface area contributed by atoms with Crippen molar-refractivity contribution in [3.05, 3.63) is 36.3 Å². The number of pyridine rings is 1. The molecular formula is C20H20F5N7. The lowest BCUT2D eigenvalue weighted by Gasteiger charge is -2.23. The third kappa shape index (κ3) is 5.01. The van der Waals surface area contributed by atoms with Crippen molar-refractivity contribution in [1.29, 1.82) is 0 Å². The quantitative estimate of drug-likeness (QED) is 0.528. The van der Waals surface area contributed by atoms with Gasteiger partial charge in [-0.05, 0) is 25.1 Å². The first-order chi connectivity index (χ1) is 15.2. The number of nitrogens with zero attached hydrogens (tertiary/aromatic N) is 5. The summed E-state index contributed by atoms with van der Waals surface area (Å²) in [7, 11) is 0. The van der Waals surface area contributed by atoms with Gasteiger partial charge in [-0.3, -0.25) is 9.98 Å². The zero-order valence-electron chi connectivity index (χ0n) is 17.0. The van der Waals surface area contributed by atoms with Gasteiger partial charge in [-0.1, -0.05) is 0 Å². The molecule has 32 heavy (non-hydrogen) atoms. The third-order valence-corrected chi connectivity index (χ3v) is 5.05. The number of fused-ring (bicyclic) bond motifs is 2. The van der Waals surface area contributed by atoms with E-state index in [1.54, 1.807) is 25.3 Å². The lowest BCUT2D eigenvalue weighted by Crippen LogP contribution is -2.41. The zero-order valence-corrected chi connectivity index (χ0v) is 17.0. The van der Waals surface area contributed by atoms with Gasteiger partial charge in [0.2, 0.25) is 5.95 Å². The standard InChI is InChI=1S/C20H20F5N7/c1-11-15(27-10-18(21)22)8-16-14(29-11)3-2-13(30-16)12-4-7-32-17(12)9-28-19(31-32)26-6-5-20(23,24)25/h2-4,7,9,15,18,27H,5-6,8,10H2,1H3,(H,26,31). The van der Waals surface area contributed by atoms with Gasteiger partial charge < -0.3 is 10.6 Å². The van der Waals surface area contributed by atoms with E-state index < -0.39 is 25.6 Å². The highest BCUT2D eigenvalue weighted by Gasteiger charge is 2.26. The summed E-state index contributed by atoms with van der Waals surface area (Å²) in [5.74, 6) is 0.0834. The first-order valence-corrected chi connectivity index (χ1v) is 9.91. The van der Waals surface area contributed by atoms with E-state index in [2.05, 4.69) is 30.7 Å². The molecule has 12 heteroatoms. The minimum atomic E-state index is -4.26. The Morgan fingerprint density at radius 2 is 2.03 bits per heavy atom. The van der Waals surface area contributed by atoms with E-state index >= 15 is 0 Å². The van der Waals surface area contributed by atoms with Crippen molar-refractivity contribution in [2.45, 2.75) is 38.4 Å². The minimum absolute atomic E-state index is 0.0834. The maximum Gasteiger partial charge on any atom is 0.390 e. The SMILES string of the molecule is CC1=Nc2ccc(-c3ccn4nc(NCCC(F)(F)F)ncc34)nc2CC1NCC(F)F. The molecule has 3 aromatic heterocycles. The van der Waals surface area contributed by atoms with Crippen LogP contribution < -0.4 is 10.6 Å². The van der Waals surface area contributed by atoms with Crippen LogP contribution in [0.3, 0.4) is 0 Å². The van der Waals surface area contributed by atoms with Crippen LogP contribution in [0.2, 0.25) is 0 Å². The summed E-state index contributed by atoms with van der Waals surface area (Å²) in [5.41, 5.74) is 4.10. The predicted molar refractivity (Wildman–Crippen MR) is 110 cm³/mol. The van der Waals surface area contributed by atoms with E-state index in [0.29, 0.717) is 29.0 Å². The average molecular weight is 453 g/mol. The Balaban J connectivity index is 1.54. The number of rotatable bonds is 7.